The number of aromatic nitrogens is 2. The number of imidazole rings is 1. The summed E-state index contributed by atoms with van der Waals surface area (Å²) >= 11 is 0. The zero-order chi connectivity index (χ0) is 11.4. The SMILES string of the molecule is CC1=CC(C)CC(CNCc2cnc[nH]2)C1. The Morgan fingerprint density at radius 2 is 2.44 bits per heavy atom. The summed E-state index contributed by atoms with van der Waals surface area (Å²) in [6, 6.07) is 0. The van der Waals surface area contributed by atoms with Gasteiger partial charge in [0.05, 0.1) is 6.33 Å². The van der Waals surface area contributed by atoms with Crippen LogP contribution < -0.4 is 5.32 Å². The number of hydrogen-bond donors (Lipinski definition) is 2. The van der Waals surface area contributed by atoms with E-state index in [1.165, 1.54) is 12.8 Å². The third-order valence-corrected chi connectivity index (χ3v) is 3.19. The molecule has 0 radical (unpaired) electrons. The lowest BCUT2D eigenvalue weighted by molar-refractivity contribution is 0.380. The van der Waals surface area contributed by atoms with E-state index in [4.69, 9.17) is 0 Å². The van der Waals surface area contributed by atoms with E-state index in [1.807, 2.05) is 6.20 Å². The molecule has 16 heavy (non-hydrogen) atoms. The average Bonchev–Trinajstić information content (AvgIpc) is 2.69. The summed E-state index contributed by atoms with van der Waals surface area (Å²) in [4.78, 5) is 7.11. The highest BCUT2D eigenvalue weighted by Gasteiger charge is 2.17. The molecule has 0 saturated heterocycles. The van der Waals surface area contributed by atoms with Gasteiger partial charge >= 0.3 is 0 Å². The number of nitrogens with one attached hydrogen (secondary N) is 2. The highest BCUT2D eigenvalue weighted by atomic mass is 14.9. The Hall–Kier alpha value is -1.09. The van der Waals surface area contributed by atoms with E-state index in [0.717, 1.165) is 30.6 Å². The van der Waals surface area contributed by atoms with Crippen LogP contribution in [0.15, 0.2) is 24.2 Å². The smallest absolute Gasteiger partial charge is 0.0922 e. The minimum absolute atomic E-state index is 0.743. The van der Waals surface area contributed by atoms with E-state index in [-0.39, 0.29) is 0 Å². The van der Waals surface area contributed by atoms with E-state index in [0.29, 0.717) is 0 Å². The Kier molecular flexibility index (Phi) is 3.78. The molecule has 3 nitrogen and oxygen atoms in total. The summed E-state index contributed by atoms with van der Waals surface area (Å²) in [5.41, 5.74) is 2.71. The van der Waals surface area contributed by atoms with Crippen molar-refractivity contribution in [3.05, 3.63) is 29.9 Å². The summed E-state index contributed by atoms with van der Waals surface area (Å²) in [6.07, 6.45) is 8.58. The Bertz CT molecular complexity index is 340. The van der Waals surface area contributed by atoms with Crippen LogP contribution in [0.5, 0.6) is 0 Å². The van der Waals surface area contributed by atoms with Gasteiger partial charge in [-0.1, -0.05) is 18.6 Å². The minimum atomic E-state index is 0.743. The van der Waals surface area contributed by atoms with Crippen molar-refractivity contribution < 1.29 is 0 Å². The first-order valence-corrected chi connectivity index (χ1v) is 6.09. The van der Waals surface area contributed by atoms with Crippen molar-refractivity contribution in [1.29, 1.82) is 0 Å². The number of aromatic amines is 1. The molecule has 0 aliphatic heterocycles. The molecule has 2 unspecified atom stereocenters. The quantitative estimate of drug-likeness (QED) is 0.764. The van der Waals surface area contributed by atoms with E-state index < -0.39 is 0 Å². The lowest BCUT2D eigenvalue weighted by Gasteiger charge is -2.25. The van der Waals surface area contributed by atoms with Crippen LogP contribution in [0.2, 0.25) is 0 Å². The first-order valence-electron chi connectivity index (χ1n) is 6.09. The molecule has 3 heteroatoms. The molecule has 0 bridgehead atoms. The van der Waals surface area contributed by atoms with Gasteiger partial charge in [-0.05, 0) is 38.1 Å². The molecular formula is C13H21N3. The molecule has 0 spiro atoms. The molecule has 88 valence electrons. The van der Waals surface area contributed by atoms with Gasteiger partial charge < -0.3 is 10.3 Å². The zero-order valence-electron chi connectivity index (χ0n) is 10.2. The summed E-state index contributed by atoms with van der Waals surface area (Å²) in [5.74, 6) is 1.54. The highest BCUT2D eigenvalue weighted by molar-refractivity contribution is 5.06. The van der Waals surface area contributed by atoms with E-state index in [9.17, 15) is 0 Å². The summed E-state index contributed by atoms with van der Waals surface area (Å²) < 4.78 is 0. The molecule has 0 aromatic carbocycles. The number of allylic oxidation sites excluding steroid dienone is 2. The van der Waals surface area contributed by atoms with Crippen molar-refractivity contribution in [2.75, 3.05) is 6.54 Å². The second-order valence-corrected chi connectivity index (χ2v) is 5.00. The van der Waals surface area contributed by atoms with Gasteiger partial charge in [0.1, 0.15) is 0 Å². The molecule has 2 N–H and O–H groups in total. The molecule has 2 atom stereocenters. The lowest BCUT2D eigenvalue weighted by atomic mass is 9.84. The third kappa shape index (κ3) is 3.20. The summed E-state index contributed by atoms with van der Waals surface area (Å²) in [5, 5.41) is 3.50. The summed E-state index contributed by atoms with van der Waals surface area (Å²) in [6.45, 7) is 6.56. The fourth-order valence-corrected chi connectivity index (χ4v) is 2.63. The minimum Gasteiger partial charge on any atom is -0.347 e. The normalized spacial score (nSPS) is 25.5. The number of rotatable bonds is 4. The maximum Gasteiger partial charge on any atom is 0.0922 e. The molecule has 1 aliphatic carbocycles. The monoisotopic (exact) mass is 219 g/mol. The van der Waals surface area contributed by atoms with Gasteiger partial charge in [0, 0.05) is 18.4 Å². The van der Waals surface area contributed by atoms with Crippen molar-refractivity contribution in [2.45, 2.75) is 33.2 Å². The van der Waals surface area contributed by atoms with E-state index >= 15 is 0 Å². The van der Waals surface area contributed by atoms with Crippen molar-refractivity contribution in [3.63, 3.8) is 0 Å². The van der Waals surface area contributed by atoms with Crippen LogP contribution in [-0.4, -0.2) is 16.5 Å². The van der Waals surface area contributed by atoms with Crippen LogP contribution >= 0.6 is 0 Å². The highest BCUT2D eigenvalue weighted by Crippen LogP contribution is 2.27. The predicted molar refractivity (Wildman–Crippen MR) is 65.9 cm³/mol. The lowest BCUT2D eigenvalue weighted by Crippen LogP contribution is -2.26. The topological polar surface area (TPSA) is 40.7 Å². The van der Waals surface area contributed by atoms with E-state index in [2.05, 4.69) is 35.2 Å². The van der Waals surface area contributed by atoms with Crippen LogP contribution in [-0.2, 0) is 6.54 Å². The van der Waals surface area contributed by atoms with Crippen molar-refractivity contribution in [3.8, 4) is 0 Å². The molecule has 0 amide bonds. The molecule has 1 aromatic heterocycles. The second kappa shape index (κ2) is 5.30. The van der Waals surface area contributed by atoms with Gasteiger partial charge in [0.15, 0.2) is 0 Å². The van der Waals surface area contributed by atoms with Gasteiger partial charge in [-0.15, -0.1) is 0 Å². The summed E-state index contributed by atoms with van der Waals surface area (Å²) in [7, 11) is 0. The molecule has 0 saturated carbocycles. The molecule has 0 fully saturated rings. The standard InChI is InChI=1S/C13H21N3/c1-10-3-11(2)5-12(4-10)6-14-7-13-8-15-9-16-13/h3,8-10,12,14H,4-7H2,1-2H3,(H,15,16). The first kappa shape index (κ1) is 11.4. The van der Waals surface area contributed by atoms with Crippen LogP contribution in [0.4, 0.5) is 0 Å². The van der Waals surface area contributed by atoms with Crippen molar-refractivity contribution in [2.24, 2.45) is 11.8 Å². The maximum absolute atomic E-state index is 4.01. The average molecular weight is 219 g/mol. The van der Waals surface area contributed by atoms with Gasteiger partial charge in [-0.3, -0.25) is 0 Å². The predicted octanol–water partition coefficient (Wildman–Crippen LogP) is 2.49. The second-order valence-electron chi connectivity index (χ2n) is 5.00. The Balaban J connectivity index is 1.73. The number of nitrogens with zero attached hydrogens (tertiary/aromatic N) is 1. The van der Waals surface area contributed by atoms with Gasteiger partial charge in [0.2, 0.25) is 0 Å². The maximum atomic E-state index is 4.01. The fraction of sp³-hybridized carbons (Fsp3) is 0.615. The van der Waals surface area contributed by atoms with E-state index in [1.54, 1.807) is 11.9 Å². The van der Waals surface area contributed by atoms with Crippen LogP contribution in [0.1, 0.15) is 32.4 Å². The number of hydrogen-bond acceptors (Lipinski definition) is 2. The largest absolute Gasteiger partial charge is 0.347 e. The van der Waals surface area contributed by atoms with Crippen LogP contribution in [0.3, 0.4) is 0 Å². The van der Waals surface area contributed by atoms with Crippen LogP contribution in [0.25, 0.3) is 0 Å². The molecule has 1 aliphatic rings. The van der Waals surface area contributed by atoms with Crippen molar-refractivity contribution >= 4 is 0 Å². The molecular weight excluding hydrogens is 198 g/mol. The van der Waals surface area contributed by atoms with Gasteiger partial charge in [-0.25, -0.2) is 4.98 Å². The third-order valence-electron chi connectivity index (χ3n) is 3.19. The number of H-pyrrole nitrogens is 1. The first-order chi connectivity index (χ1) is 7.74. The molecule has 2 rings (SSSR count). The zero-order valence-corrected chi connectivity index (χ0v) is 10.2. The Labute approximate surface area is 97.4 Å². The molecule has 1 aromatic rings. The van der Waals surface area contributed by atoms with Gasteiger partial charge in [-0.2, -0.15) is 0 Å². The van der Waals surface area contributed by atoms with Crippen LogP contribution in [0, 0.1) is 11.8 Å². The molecule has 1 heterocycles. The van der Waals surface area contributed by atoms with Crippen molar-refractivity contribution in [1.82, 2.24) is 15.3 Å². The Morgan fingerprint density at radius 3 is 3.12 bits per heavy atom. The van der Waals surface area contributed by atoms with Gasteiger partial charge in [0.25, 0.3) is 0 Å². The fourth-order valence-electron chi connectivity index (χ4n) is 2.63. The Morgan fingerprint density at radius 1 is 1.56 bits per heavy atom.